The quantitative estimate of drug-likeness (QED) is 0.661. The molecule has 0 spiro atoms. The van der Waals surface area contributed by atoms with Gasteiger partial charge in [0.25, 0.3) is 0 Å². The van der Waals surface area contributed by atoms with Gasteiger partial charge >= 0.3 is 0 Å². The zero-order chi connectivity index (χ0) is 10.3. The maximum Gasteiger partial charge on any atom is 0.107 e. The summed E-state index contributed by atoms with van der Waals surface area (Å²) in [4.78, 5) is 0. The van der Waals surface area contributed by atoms with E-state index in [1.54, 1.807) is 0 Å². The molecule has 2 aromatic rings. The lowest BCUT2D eigenvalue weighted by Gasteiger charge is -2.21. The van der Waals surface area contributed by atoms with E-state index < -0.39 is 0 Å². The Morgan fingerprint density at radius 2 is 1.86 bits per heavy atom. The van der Waals surface area contributed by atoms with E-state index in [0.717, 1.165) is 11.0 Å². The molecule has 14 heavy (non-hydrogen) atoms. The Hall–Kier alpha value is -0.960. The molecule has 1 aromatic heterocycles. The highest BCUT2D eigenvalue weighted by molar-refractivity contribution is 7.00. The van der Waals surface area contributed by atoms with Gasteiger partial charge in [0.1, 0.15) is 11.0 Å². The predicted octanol–water partition coefficient (Wildman–Crippen LogP) is 3.30. The fraction of sp³-hybridized carbons (Fsp3) is 0.455. The molecule has 0 aliphatic heterocycles. The molecule has 3 heteroatoms. The Morgan fingerprint density at radius 3 is 2.50 bits per heavy atom. The Labute approximate surface area is 88.3 Å². The van der Waals surface area contributed by atoms with Crippen LogP contribution in [0.3, 0.4) is 0 Å². The third-order valence-electron chi connectivity index (χ3n) is 2.49. The number of hydrogen-bond donors (Lipinski definition) is 0. The normalized spacial score (nSPS) is 12.3. The van der Waals surface area contributed by atoms with Gasteiger partial charge in [0.2, 0.25) is 0 Å². The summed E-state index contributed by atoms with van der Waals surface area (Å²) in [7, 11) is 0. The van der Waals surface area contributed by atoms with Gasteiger partial charge in [0, 0.05) is 0 Å². The SMILES string of the molecule is Cc1c(C(C)(C)C)ccc2nsnc12. The first-order valence-electron chi connectivity index (χ1n) is 4.72. The molecule has 0 aliphatic carbocycles. The minimum Gasteiger partial charge on any atom is -0.173 e. The van der Waals surface area contributed by atoms with Gasteiger partial charge in [-0.05, 0) is 29.5 Å². The van der Waals surface area contributed by atoms with E-state index in [-0.39, 0.29) is 5.41 Å². The second-order valence-electron chi connectivity index (χ2n) is 4.62. The standard InChI is InChI=1S/C11H14N2S/c1-7-8(11(2,3)4)5-6-9-10(7)13-14-12-9/h5-6H,1-4H3. The lowest BCUT2D eigenvalue weighted by Crippen LogP contribution is -2.13. The number of hydrogen-bond acceptors (Lipinski definition) is 3. The summed E-state index contributed by atoms with van der Waals surface area (Å²) in [6.45, 7) is 8.80. The van der Waals surface area contributed by atoms with Crippen LogP contribution in [0.4, 0.5) is 0 Å². The highest BCUT2D eigenvalue weighted by Gasteiger charge is 2.18. The second kappa shape index (κ2) is 3.02. The fourth-order valence-electron chi connectivity index (χ4n) is 1.79. The summed E-state index contributed by atoms with van der Waals surface area (Å²) < 4.78 is 8.56. The lowest BCUT2D eigenvalue weighted by atomic mass is 9.84. The summed E-state index contributed by atoms with van der Waals surface area (Å²) in [6.07, 6.45) is 0. The lowest BCUT2D eigenvalue weighted by molar-refractivity contribution is 0.587. The van der Waals surface area contributed by atoms with E-state index in [0.29, 0.717) is 0 Å². The molecule has 1 aromatic carbocycles. The Kier molecular flexibility index (Phi) is 2.07. The van der Waals surface area contributed by atoms with Crippen molar-refractivity contribution in [3.05, 3.63) is 23.3 Å². The van der Waals surface area contributed by atoms with Crippen LogP contribution in [0.1, 0.15) is 31.9 Å². The number of aromatic nitrogens is 2. The Morgan fingerprint density at radius 1 is 1.14 bits per heavy atom. The highest BCUT2D eigenvalue weighted by atomic mass is 32.1. The van der Waals surface area contributed by atoms with E-state index in [9.17, 15) is 0 Å². The molecule has 0 aliphatic rings. The maximum absolute atomic E-state index is 4.32. The van der Waals surface area contributed by atoms with Gasteiger partial charge in [0.15, 0.2) is 0 Å². The third-order valence-corrected chi connectivity index (χ3v) is 3.03. The first-order valence-corrected chi connectivity index (χ1v) is 5.45. The van der Waals surface area contributed by atoms with Crippen LogP contribution in [0.5, 0.6) is 0 Å². The summed E-state index contributed by atoms with van der Waals surface area (Å²) in [5, 5.41) is 0. The average molecular weight is 206 g/mol. The van der Waals surface area contributed by atoms with Crippen molar-refractivity contribution >= 4 is 22.8 Å². The molecule has 0 bridgehead atoms. The van der Waals surface area contributed by atoms with Gasteiger partial charge in [-0.2, -0.15) is 8.75 Å². The molecule has 2 rings (SSSR count). The zero-order valence-electron chi connectivity index (χ0n) is 8.96. The van der Waals surface area contributed by atoms with Crippen LogP contribution in [0.15, 0.2) is 12.1 Å². The molecule has 0 N–H and O–H groups in total. The topological polar surface area (TPSA) is 25.8 Å². The van der Waals surface area contributed by atoms with Crippen molar-refractivity contribution in [1.82, 2.24) is 8.75 Å². The summed E-state index contributed by atoms with van der Waals surface area (Å²) in [5.41, 5.74) is 4.88. The first kappa shape index (κ1) is 9.59. The molecule has 0 saturated heterocycles. The van der Waals surface area contributed by atoms with E-state index in [1.165, 1.54) is 22.9 Å². The molecule has 0 fully saturated rings. The molecular formula is C11H14N2S. The molecule has 0 amide bonds. The van der Waals surface area contributed by atoms with Crippen LogP contribution in [0.25, 0.3) is 11.0 Å². The van der Waals surface area contributed by atoms with E-state index >= 15 is 0 Å². The van der Waals surface area contributed by atoms with Crippen LogP contribution in [-0.4, -0.2) is 8.75 Å². The molecule has 2 nitrogen and oxygen atoms in total. The number of rotatable bonds is 0. The third kappa shape index (κ3) is 1.42. The number of fused-ring (bicyclic) bond motifs is 1. The summed E-state index contributed by atoms with van der Waals surface area (Å²) in [5.74, 6) is 0. The molecule has 0 radical (unpaired) electrons. The molecule has 0 atom stereocenters. The van der Waals surface area contributed by atoms with Crippen molar-refractivity contribution in [2.24, 2.45) is 0 Å². The number of benzene rings is 1. The number of nitrogens with zero attached hydrogens (tertiary/aromatic N) is 2. The van der Waals surface area contributed by atoms with Gasteiger partial charge in [-0.25, -0.2) is 0 Å². The fourth-order valence-corrected chi connectivity index (χ4v) is 2.38. The van der Waals surface area contributed by atoms with Crippen molar-refractivity contribution in [2.45, 2.75) is 33.1 Å². The van der Waals surface area contributed by atoms with Gasteiger partial charge in [-0.15, -0.1) is 0 Å². The Balaban J connectivity index is 2.74. The minimum atomic E-state index is 0.182. The largest absolute Gasteiger partial charge is 0.173 e. The van der Waals surface area contributed by atoms with Crippen LogP contribution in [0.2, 0.25) is 0 Å². The second-order valence-corrected chi connectivity index (χ2v) is 5.15. The summed E-state index contributed by atoms with van der Waals surface area (Å²) in [6, 6.07) is 4.23. The van der Waals surface area contributed by atoms with Gasteiger partial charge < -0.3 is 0 Å². The van der Waals surface area contributed by atoms with Crippen molar-refractivity contribution in [2.75, 3.05) is 0 Å². The zero-order valence-corrected chi connectivity index (χ0v) is 9.77. The van der Waals surface area contributed by atoms with Crippen molar-refractivity contribution < 1.29 is 0 Å². The highest BCUT2D eigenvalue weighted by Crippen LogP contribution is 2.29. The molecule has 0 unspecified atom stereocenters. The van der Waals surface area contributed by atoms with E-state index in [1.807, 2.05) is 0 Å². The summed E-state index contributed by atoms with van der Waals surface area (Å²) >= 11 is 1.29. The van der Waals surface area contributed by atoms with Gasteiger partial charge in [0.05, 0.1) is 11.7 Å². The monoisotopic (exact) mass is 206 g/mol. The minimum absolute atomic E-state index is 0.182. The van der Waals surface area contributed by atoms with Crippen LogP contribution in [-0.2, 0) is 5.41 Å². The Bertz CT molecular complexity index is 466. The molecule has 1 heterocycles. The molecule has 0 saturated carbocycles. The smallest absolute Gasteiger partial charge is 0.107 e. The van der Waals surface area contributed by atoms with Gasteiger partial charge in [-0.3, -0.25) is 0 Å². The molecular weight excluding hydrogens is 192 g/mol. The van der Waals surface area contributed by atoms with Crippen LogP contribution in [0, 0.1) is 6.92 Å². The van der Waals surface area contributed by atoms with E-state index in [2.05, 4.69) is 48.6 Å². The number of aryl methyl sites for hydroxylation is 1. The van der Waals surface area contributed by atoms with Crippen LogP contribution < -0.4 is 0 Å². The average Bonchev–Trinajstić information content (AvgIpc) is 2.50. The van der Waals surface area contributed by atoms with Crippen molar-refractivity contribution in [1.29, 1.82) is 0 Å². The first-order chi connectivity index (χ1) is 6.50. The van der Waals surface area contributed by atoms with Crippen molar-refractivity contribution in [3.63, 3.8) is 0 Å². The molecule has 74 valence electrons. The maximum atomic E-state index is 4.32. The predicted molar refractivity (Wildman–Crippen MR) is 60.9 cm³/mol. The van der Waals surface area contributed by atoms with Crippen LogP contribution >= 0.6 is 11.7 Å². The van der Waals surface area contributed by atoms with Gasteiger partial charge in [-0.1, -0.05) is 26.8 Å². The van der Waals surface area contributed by atoms with E-state index in [4.69, 9.17) is 0 Å². The van der Waals surface area contributed by atoms with Crippen molar-refractivity contribution in [3.8, 4) is 0 Å².